The monoisotopic (exact) mass is 333 g/mol. The Balaban J connectivity index is 3.16. The van der Waals surface area contributed by atoms with Crippen LogP contribution in [0.1, 0.15) is 29.1 Å². The molecule has 1 fully saturated rings. The summed E-state index contributed by atoms with van der Waals surface area (Å²) in [5.41, 5.74) is 0. The highest BCUT2D eigenvalue weighted by molar-refractivity contribution is 5.68. The van der Waals surface area contributed by atoms with Crippen LogP contribution in [0.2, 0.25) is 0 Å². The summed E-state index contributed by atoms with van der Waals surface area (Å²) in [4.78, 5) is 45.0. The van der Waals surface area contributed by atoms with Gasteiger partial charge in [0.25, 0.3) is 0 Å². The normalized spacial score (nSPS) is 30.6. The van der Waals surface area contributed by atoms with Crippen molar-refractivity contribution in [3.05, 3.63) is 0 Å². The number of carbonyl (C=O) groups excluding carboxylic acids is 4. The Labute approximate surface area is 134 Å². The first-order valence-corrected chi connectivity index (χ1v) is 6.85. The maximum atomic E-state index is 11.4. The molecule has 23 heavy (non-hydrogen) atoms. The van der Waals surface area contributed by atoms with Gasteiger partial charge in [-0.15, -0.1) is 0 Å². The number of carbonyl (C=O) groups is 4. The topological polar surface area (TPSA) is 114 Å². The van der Waals surface area contributed by atoms with Crippen LogP contribution in [-0.2, 0) is 42.9 Å². The molecule has 0 aromatic heterocycles. The Morgan fingerprint density at radius 1 is 0.957 bits per heavy atom. The average Bonchev–Trinajstić information content (AvgIpc) is 2.41. The third-order valence-corrected chi connectivity index (χ3v) is 2.71. The molecule has 0 N–H and O–H groups in total. The van der Waals surface area contributed by atoms with Crippen molar-refractivity contribution < 1.29 is 44.2 Å². The lowest BCUT2D eigenvalue weighted by Gasteiger charge is -2.40. The molecule has 0 aromatic carbocycles. The third kappa shape index (κ3) is 6.23. The number of hydrogen-bond acceptors (Lipinski definition) is 9. The minimum absolute atomic E-state index is 0.305. The Kier molecular flexibility index (Phi) is 6.33. The molecule has 9 nitrogen and oxygen atoms in total. The largest absolute Gasteiger partial charge is 0.463 e. The molecule has 130 valence electrons. The van der Waals surface area contributed by atoms with Gasteiger partial charge >= 0.3 is 23.9 Å². The SMILES string of the molecule is [2H][C@@]1(OC(C)=O)[C@@H](OC(C)=O)CO[C@H](COC(C)=O)[C@H]1OC(C)=O. The van der Waals surface area contributed by atoms with Crippen LogP contribution in [0.5, 0.6) is 0 Å². The molecule has 1 aliphatic heterocycles. The van der Waals surface area contributed by atoms with Gasteiger partial charge in [0, 0.05) is 27.7 Å². The van der Waals surface area contributed by atoms with E-state index in [4.69, 9.17) is 25.1 Å². The fourth-order valence-corrected chi connectivity index (χ4v) is 1.98. The summed E-state index contributed by atoms with van der Waals surface area (Å²) in [6.07, 6.45) is -6.10. The second kappa shape index (κ2) is 8.47. The summed E-state index contributed by atoms with van der Waals surface area (Å²) < 4.78 is 33.7. The summed E-state index contributed by atoms with van der Waals surface area (Å²) in [6, 6.07) is 0. The standard InChI is InChI=1S/C14H20O9/c1-7(15)19-5-11-13(22-9(3)17)14(23-10(4)18)12(6-20-11)21-8(2)16/h11-14H,5-6H2,1-4H3/t11-,12+,13-,14-/m1/s1/i14D. The highest BCUT2D eigenvalue weighted by Crippen LogP contribution is 2.24. The molecule has 0 unspecified atom stereocenters. The van der Waals surface area contributed by atoms with Crippen LogP contribution in [0.3, 0.4) is 0 Å². The Bertz CT molecular complexity index is 520. The molecular formula is C14H20O9. The molecule has 0 bridgehead atoms. The Morgan fingerprint density at radius 3 is 2.00 bits per heavy atom. The van der Waals surface area contributed by atoms with Crippen LogP contribution in [-0.4, -0.2) is 61.5 Å². The van der Waals surface area contributed by atoms with E-state index in [0.717, 1.165) is 20.8 Å². The van der Waals surface area contributed by atoms with E-state index >= 15 is 0 Å². The van der Waals surface area contributed by atoms with Gasteiger partial charge in [-0.1, -0.05) is 0 Å². The molecule has 1 aliphatic rings. The van der Waals surface area contributed by atoms with Gasteiger partial charge in [-0.2, -0.15) is 0 Å². The molecule has 0 saturated carbocycles. The van der Waals surface area contributed by atoms with E-state index in [9.17, 15) is 19.2 Å². The molecule has 1 heterocycles. The van der Waals surface area contributed by atoms with E-state index in [-0.39, 0.29) is 13.2 Å². The first kappa shape index (κ1) is 17.2. The average molecular weight is 333 g/mol. The number of ether oxygens (including phenoxy) is 5. The smallest absolute Gasteiger partial charge is 0.303 e. The molecule has 9 heteroatoms. The quantitative estimate of drug-likeness (QED) is 0.496. The van der Waals surface area contributed by atoms with Crippen LogP contribution in [0.15, 0.2) is 0 Å². The second-order valence-corrected chi connectivity index (χ2v) is 4.80. The fourth-order valence-electron chi connectivity index (χ4n) is 1.98. The minimum atomic E-state index is -2.24. The second-order valence-electron chi connectivity index (χ2n) is 4.80. The maximum absolute atomic E-state index is 11.4. The fraction of sp³-hybridized carbons (Fsp3) is 0.714. The van der Waals surface area contributed by atoms with Crippen LogP contribution in [0, 0.1) is 0 Å². The lowest BCUT2D eigenvalue weighted by Crippen LogP contribution is -2.58. The van der Waals surface area contributed by atoms with Crippen molar-refractivity contribution in [1.29, 1.82) is 0 Å². The van der Waals surface area contributed by atoms with Gasteiger partial charge in [-0.3, -0.25) is 19.2 Å². The molecule has 0 aromatic rings. The van der Waals surface area contributed by atoms with Crippen molar-refractivity contribution in [2.45, 2.75) is 52.1 Å². The van der Waals surface area contributed by atoms with Gasteiger partial charge in [0.1, 0.15) is 12.7 Å². The lowest BCUT2D eigenvalue weighted by molar-refractivity contribution is -0.231. The predicted molar refractivity (Wildman–Crippen MR) is 73.0 cm³/mol. The van der Waals surface area contributed by atoms with E-state index in [0.29, 0.717) is 0 Å². The number of rotatable bonds is 5. The van der Waals surface area contributed by atoms with Crippen LogP contribution >= 0.6 is 0 Å². The van der Waals surface area contributed by atoms with Crippen LogP contribution in [0.4, 0.5) is 0 Å². The summed E-state index contributed by atoms with van der Waals surface area (Å²) in [7, 11) is 0. The van der Waals surface area contributed by atoms with E-state index < -0.39 is 48.3 Å². The number of hydrogen-bond donors (Lipinski definition) is 0. The Morgan fingerprint density at radius 2 is 1.52 bits per heavy atom. The van der Waals surface area contributed by atoms with Crippen molar-refractivity contribution in [2.24, 2.45) is 0 Å². The Hall–Kier alpha value is -2.16. The van der Waals surface area contributed by atoms with Gasteiger partial charge < -0.3 is 23.7 Å². The lowest BCUT2D eigenvalue weighted by atomic mass is 9.99. The molecule has 0 aliphatic carbocycles. The highest BCUT2D eigenvalue weighted by Gasteiger charge is 2.47. The van der Waals surface area contributed by atoms with Crippen LogP contribution < -0.4 is 0 Å². The van der Waals surface area contributed by atoms with Gasteiger partial charge in [-0.05, 0) is 0 Å². The predicted octanol–water partition coefficient (Wildman–Crippen LogP) is -0.257. The highest BCUT2D eigenvalue weighted by atomic mass is 16.7. The van der Waals surface area contributed by atoms with Crippen LogP contribution in [0.25, 0.3) is 0 Å². The van der Waals surface area contributed by atoms with Crippen molar-refractivity contribution in [2.75, 3.05) is 13.2 Å². The zero-order valence-corrected chi connectivity index (χ0v) is 13.3. The maximum Gasteiger partial charge on any atom is 0.303 e. The van der Waals surface area contributed by atoms with Gasteiger partial charge in [-0.25, -0.2) is 0 Å². The van der Waals surface area contributed by atoms with E-state index in [2.05, 4.69) is 0 Å². The summed E-state index contributed by atoms with van der Waals surface area (Å²) in [5, 5.41) is 0. The van der Waals surface area contributed by atoms with E-state index in [1.807, 2.05) is 0 Å². The molecule has 0 radical (unpaired) electrons. The summed E-state index contributed by atoms with van der Waals surface area (Å²) in [5.74, 6) is -2.95. The molecule has 1 rings (SSSR count). The minimum Gasteiger partial charge on any atom is -0.463 e. The summed E-state index contributed by atoms with van der Waals surface area (Å²) in [6.45, 7) is 3.79. The molecular weight excluding hydrogens is 312 g/mol. The third-order valence-electron chi connectivity index (χ3n) is 2.71. The van der Waals surface area contributed by atoms with E-state index in [1.165, 1.54) is 6.92 Å². The van der Waals surface area contributed by atoms with Gasteiger partial charge in [0.15, 0.2) is 18.3 Å². The first-order valence-electron chi connectivity index (χ1n) is 7.35. The van der Waals surface area contributed by atoms with Crippen molar-refractivity contribution in [3.63, 3.8) is 0 Å². The zero-order chi connectivity index (χ0) is 18.5. The van der Waals surface area contributed by atoms with Gasteiger partial charge in [0.05, 0.1) is 7.98 Å². The molecule has 1 saturated heterocycles. The zero-order valence-electron chi connectivity index (χ0n) is 14.3. The van der Waals surface area contributed by atoms with Crippen molar-refractivity contribution >= 4 is 23.9 Å². The molecule has 0 spiro atoms. The van der Waals surface area contributed by atoms with Crippen molar-refractivity contribution in [1.82, 2.24) is 0 Å². The molecule has 4 atom stereocenters. The van der Waals surface area contributed by atoms with Gasteiger partial charge in [0.2, 0.25) is 0 Å². The summed E-state index contributed by atoms with van der Waals surface area (Å²) >= 11 is 0. The van der Waals surface area contributed by atoms with E-state index in [1.54, 1.807) is 0 Å². The molecule has 0 amide bonds. The number of esters is 4. The first-order chi connectivity index (χ1) is 11.1. The van der Waals surface area contributed by atoms with Crippen molar-refractivity contribution in [3.8, 4) is 0 Å².